The minimum Gasteiger partial charge on any atom is -0.399 e. The van der Waals surface area contributed by atoms with Gasteiger partial charge in [-0.3, -0.25) is 0 Å². The number of nitrogen functional groups attached to an aromatic ring is 1. The number of hydrogen-bond acceptors (Lipinski definition) is 2. The van der Waals surface area contributed by atoms with E-state index in [9.17, 15) is 0 Å². The molecular weight excluding hydrogens is 383 g/mol. The fourth-order valence-corrected chi connectivity index (χ4v) is 2.64. The zero-order valence-electron chi connectivity index (χ0n) is 12.1. The molecule has 0 saturated carbocycles. The average Bonchev–Trinajstić information content (AvgIpc) is 2.54. The fraction of sp³-hybridized carbons (Fsp3) is 0.0526. The number of nitrogens with two attached hydrogens (primary N) is 1. The molecular formula is C19H17IN2. The maximum atomic E-state index is 5.69. The van der Waals surface area contributed by atoms with Crippen LogP contribution < -0.4 is 11.1 Å². The third-order valence-electron chi connectivity index (χ3n) is 3.47. The SMILES string of the molecule is Nc1ccc(Nc2ccc(Cc3ccc(I)cc3)cc2)cc1. The summed E-state index contributed by atoms with van der Waals surface area (Å²) < 4.78 is 1.27. The van der Waals surface area contributed by atoms with E-state index < -0.39 is 0 Å². The summed E-state index contributed by atoms with van der Waals surface area (Å²) in [7, 11) is 0. The van der Waals surface area contributed by atoms with Gasteiger partial charge in [0.15, 0.2) is 0 Å². The molecule has 0 aliphatic carbocycles. The summed E-state index contributed by atoms with van der Waals surface area (Å²) in [4.78, 5) is 0. The van der Waals surface area contributed by atoms with Crippen molar-refractivity contribution < 1.29 is 0 Å². The van der Waals surface area contributed by atoms with E-state index in [1.54, 1.807) is 0 Å². The van der Waals surface area contributed by atoms with Gasteiger partial charge in [0.2, 0.25) is 0 Å². The summed E-state index contributed by atoms with van der Waals surface area (Å²) in [6.45, 7) is 0. The van der Waals surface area contributed by atoms with Crippen molar-refractivity contribution in [3.8, 4) is 0 Å². The van der Waals surface area contributed by atoms with E-state index in [1.807, 2.05) is 24.3 Å². The molecule has 0 fully saturated rings. The van der Waals surface area contributed by atoms with E-state index in [0.717, 1.165) is 23.5 Å². The molecule has 110 valence electrons. The van der Waals surface area contributed by atoms with Gasteiger partial charge in [-0.05, 0) is 88.7 Å². The molecule has 3 aromatic rings. The summed E-state index contributed by atoms with van der Waals surface area (Å²) >= 11 is 2.33. The first kappa shape index (κ1) is 14.9. The van der Waals surface area contributed by atoms with Crippen molar-refractivity contribution in [2.24, 2.45) is 0 Å². The first-order valence-corrected chi connectivity index (χ1v) is 8.23. The van der Waals surface area contributed by atoms with Crippen LogP contribution in [-0.4, -0.2) is 0 Å². The van der Waals surface area contributed by atoms with Gasteiger partial charge in [-0.1, -0.05) is 24.3 Å². The molecule has 0 saturated heterocycles. The molecule has 0 aliphatic rings. The van der Waals surface area contributed by atoms with Crippen LogP contribution in [0.4, 0.5) is 17.1 Å². The Morgan fingerprint density at radius 2 is 1.14 bits per heavy atom. The zero-order chi connectivity index (χ0) is 15.4. The topological polar surface area (TPSA) is 38.0 Å². The number of benzene rings is 3. The molecule has 0 unspecified atom stereocenters. The molecule has 0 spiro atoms. The molecule has 2 nitrogen and oxygen atoms in total. The van der Waals surface area contributed by atoms with Crippen LogP contribution in [0.2, 0.25) is 0 Å². The van der Waals surface area contributed by atoms with Gasteiger partial charge >= 0.3 is 0 Å². The second-order valence-electron chi connectivity index (χ2n) is 5.25. The third kappa shape index (κ3) is 4.01. The first-order valence-electron chi connectivity index (χ1n) is 7.15. The van der Waals surface area contributed by atoms with Gasteiger partial charge in [0, 0.05) is 20.6 Å². The maximum Gasteiger partial charge on any atom is 0.0385 e. The summed E-state index contributed by atoms with van der Waals surface area (Å²) in [6.07, 6.45) is 0.957. The standard InChI is InChI=1S/C19H17IN2/c20-16-5-1-14(2-6-16)13-15-3-9-18(10-4-15)22-19-11-7-17(21)8-12-19/h1-12,22H,13,21H2. The van der Waals surface area contributed by atoms with Crippen molar-refractivity contribution in [3.63, 3.8) is 0 Å². The van der Waals surface area contributed by atoms with Crippen LogP contribution >= 0.6 is 22.6 Å². The van der Waals surface area contributed by atoms with E-state index in [-0.39, 0.29) is 0 Å². The van der Waals surface area contributed by atoms with Gasteiger partial charge in [-0.25, -0.2) is 0 Å². The highest BCUT2D eigenvalue weighted by Gasteiger charge is 1.99. The van der Waals surface area contributed by atoms with Gasteiger partial charge in [0.1, 0.15) is 0 Å². The Morgan fingerprint density at radius 3 is 1.68 bits per heavy atom. The second kappa shape index (κ2) is 6.83. The van der Waals surface area contributed by atoms with Crippen LogP contribution in [-0.2, 0) is 6.42 Å². The third-order valence-corrected chi connectivity index (χ3v) is 4.19. The van der Waals surface area contributed by atoms with Gasteiger partial charge in [-0.15, -0.1) is 0 Å². The minimum absolute atomic E-state index is 0.776. The predicted octanol–water partition coefficient (Wildman–Crippen LogP) is 5.21. The highest BCUT2D eigenvalue weighted by Crippen LogP contribution is 2.19. The molecule has 3 heteroatoms. The number of hydrogen-bond donors (Lipinski definition) is 2. The molecule has 0 aliphatic heterocycles. The fourth-order valence-electron chi connectivity index (χ4n) is 2.28. The molecule has 0 aromatic heterocycles. The van der Waals surface area contributed by atoms with Crippen molar-refractivity contribution in [1.29, 1.82) is 0 Å². The van der Waals surface area contributed by atoms with Crippen LogP contribution in [0, 0.1) is 3.57 Å². The Kier molecular flexibility index (Phi) is 4.63. The lowest BCUT2D eigenvalue weighted by atomic mass is 10.0. The maximum absolute atomic E-state index is 5.69. The smallest absolute Gasteiger partial charge is 0.0385 e. The summed E-state index contributed by atoms with van der Waals surface area (Å²) in [5, 5.41) is 3.37. The first-order chi connectivity index (χ1) is 10.7. The van der Waals surface area contributed by atoms with Crippen LogP contribution in [0.15, 0.2) is 72.8 Å². The molecule has 3 aromatic carbocycles. The highest BCUT2D eigenvalue weighted by molar-refractivity contribution is 14.1. The zero-order valence-corrected chi connectivity index (χ0v) is 14.2. The van der Waals surface area contributed by atoms with Gasteiger partial charge < -0.3 is 11.1 Å². The van der Waals surface area contributed by atoms with Crippen LogP contribution in [0.3, 0.4) is 0 Å². The second-order valence-corrected chi connectivity index (χ2v) is 6.49. The summed E-state index contributed by atoms with van der Waals surface area (Å²) in [6, 6.07) is 25.0. The van der Waals surface area contributed by atoms with Crippen molar-refractivity contribution >= 4 is 39.7 Å². The monoisotopic (exact) mass is 400 g/mol. The Labute approximate surface area is 144 Å². The molecule has 0 heterocycles. The Balaban J connectivity index is 1.67. The largest absolute Gasteiger partial charge is 0.399 e. The van der Waals surface area contributed by atoms with Crippen molar-refractivity contribution in [2.45, 2.75) is 6.42 Å². The van der Waals surface area contributed by atoms with Crippen LogP contribution in [0.5, 0.6) is 0 Å². The molecule has 0 radical (unpaired) electrons. The molecule has 0 atom stereocenters. The lowest BCUT2D eigenvalue weighted by Gasteiger charge is -2.08. The molecule has 3 N–H and O–H groups in total. The molecule has 3 rings (SSSR count). The van der Waals surface area contributed by atoms with E-state index in [0.29, 0.717) is 0 Å². The van der Waals surface area contributed by atoms with E-state index in [4.69, 9.17) is 5.73 Å². The number of halogens is 1. The minimum atomic E-state index is 0.776. The van der Waals surface area contributed by atoms with Crippen molar-refractivity contribution in [2.75, 3.05) is 11.1 Å². The Morgan fingerprint density at radius 1 is 0.682 bits per heavy atom. The molecule has 0 amide bonds. The van der Waals surface area contributed by atoms with Gasteiger partial charge in [0.25, 0.3) is 0 Å². The molecule has 22 heavy (non-hydrogen) atoms. The predicted molar refractivity (Wildman–Crippen MR) is 103 cm³/mol. The van der Waals surface area contributed by atoms with E-state index in [2.05, 4.69) is 76.4 Å². The quantitative estimate of drug-likeness (QED) is 0.466. The van der Waals surface area contributed by atoms with Gasteiger partial charge in [0.05, 0.1) is 0 Å². The van der Waals surface area contributed by atoms with E-state index in [1.165, 1.54) is 14.7 Å². The van der Waals surface area contributed by atoms with E-state index >= 15 is 0 Å². The van der Waals surface area contributed by atoms with Crippen LogP contribution in [0.1, 0.15) is 11.1 Å². The molecule has 0 bridgehead atoms. The van der Waals surface area contributed by atoms with Crippen molar-refractivity contribution in [1.82, 2.24) is 0 Å². The normalized spacial score (nSPS) is 10.4. The Hall–Kier alpha value is -2.01. The average molecular weight is 400 g/mol. The Bertz CT molecular complexity index is 665. The summed E-state index contributed by atoms with van der Waals surface area (Å²) in [5.74, 6) is 0. The van der Waals surface area contributed by atoms with Gasteiger partial charge in [-0.2, -0.15) is 0 Å². The number of anilines is 3. The highest BCUT2D eigenvalue weighted by atomic mass is 127. The van der Waals surface area contributed by atoms with Crippen LogP contribution in [0.25, 0.3) is 0 Å². The number of rotatable bonds is 4. The van der Waals surface area contributed by atoms with Crippen molar-refractivity contribution in [3.05, 3.63) is 87.5 Å². The lowest BCUT2D eigenvalue weighted by Crippen LogP contribution is -1.93. The summed E-state index contributed by atoms with van der Waals surface area (Å²) in [5.41, 5.74) is 11.2. The number of nitrogens with one attached hydrogen (secondary N) is 1. The lowest BCUT2D eigenvalue weighted by molar-refractivity contribution is 1.19.